The van der Waals surface area contributed by atoms with E-state index in [1.807, 2.05) is 0 Å². The Hall–Kier alpha value is -0.200. The lowest BCUT2D eigenvalue weighted by Gasteiger charge is -2.35. The van der Waals surface area contributed by atoms with Gasteiger partial charge in [-0.05, 0) is 6.42 Å². The standard InChI is InChI=1S/C9H14O5/c10-3-9-5-4(1-2-13-8(5)12)6(11)7(9)14-9/h4-8,10-12H,1-3H2/t4-,5+,6+,7+,8-,9-/m0/s1. The van der Waals surface area contributed by atoms with Gasteiger partial charge in [0.25, 0.3) is 0 Å². The van der Waals surface area contributed by atoms with Gasteiger partial charge in [0.1, 0.15) is 11.7 Å². The monoisotopic (exact) mass is 202 g/mol. The molecule has 0 aromatic carbocycles. The van der Waals surface area contributed by atoms with E-state index in [4.69, 9.17) is 9.47 Å². The topological polar surface area (TPSA) is 82.5 Å². The third-order valence-corrected chi connectivity index (χ3v) is 3.84. The summed E-state index contributed by atoms with van der Waals surface area (Å²) in [6, 6.07) is 0. The van der Waals surface area contributed by atoms with E-state index in [1.54, 1.807) is 0 Å². The molecule has 14 heavy (non-hydrogen) atoms. The summed E-state index contributed by atoms with van der Waals surface area (Å²) >= 11 is 0. The number of aliphatic hydroxyl groups excluding tert-OH is 3. The van der Waals surface area contributed by atoms with Crippen LogP contribution in [0.15, 0.2) is 0 Å². The van der Waals surface area contributed by atoms with Crippen molar-refractivity contribution in [1.29, 1.82) is 0 Å². The zero-order chi connectivity index (χ0) is 9.92. The first-order valence-corrected chi connectivity index (χ1v) is 4.97. The first-order chi connectivity index (χ1) is 6.70. The molecule has 5 nitrogen and oxygen atoms in total. The Morgan fingerprint density at radius 3 is 2.86 bits per heavy atom. The second kappa shape index (κ2) is 2.68. The highest BCUT2D eigenvalue weighted by Crippen LogP contribution is 2.59. The van der Waals surface area contributed by atoms with Crippen LogP contribution >= 0.6 is 0 Å². The molecular weight excluding hydrogens is 188 g/mol. The maximum atomic E-state index is 9.85. The minimum Gasteiger partial charge on any atom is -0.393 e. The molecule has 0 amide bonds. The third-order valence-electron chi connectivity index (χ3n) is 3.84. The first kappa shape index (κ1) is 9.06. The van der Waals surface area contributed by atoms with Crippen LogP contribution in [0.25, 0.3) is 0 Å². The zero-order valence-electron chi connectivity index (χ0n) is 7.67. The summed E-state index contributed by atoms with van der Waals surface area (Å²) in [5.74, 6) is -0.272. The van der Waals surface area contributed by atoms with E-state index in [2.05, 4.69) is 0 Å². The van der Waals surface area contributed by atoms with E-state index in [0.29, 0.717) is 6.61 Å². The van der Waals surface area contributed by atoms with Gasteiger partial charge < -0.3 is 24.8 Å². The molecular formula is C9H14O5. The van der Waals surface area contributed by atoms with Crippen LogP contribution in [-0.4, -0.2) is 52.6 Å². The van der Waals surface area contributed by atoms with Gasteiger partial charge in [0.05, 0.1) is 19.3 Å². The SMILES string of the molecule is OC[C@@]12O[C@@H]1[C@H](O)[C@H]1CCO[C@H](O)[C@@H]12. The van der Waals surface area contributed by atoms with E-state index >= 15 is 0 Å². The van der Waals surface area contributed by atoms with Crippen LogP contribution < -0.4 is 0 Å². The minimum atomic E-state index is -0.914. The molecule has 2 heterocycles. The summed E-state index contributed by atoms with van der Waals surface area (Å²) < 4.78 is 10.4. The second-order valence-corrected chi connectivity index (χ2v) is 4.38. The second-order valence-electron chi connectivity index (χ2n) is 4.38. The molecule has 2 saturated heterocycles. The number of hydrogen-bond donors (Lipinski definition) is 3. The van der Waals surface area contributed by atoms with Gasteiger partial charge in [0.15, 0.2) is 6.29 Å². The largest absolute Gasteiger partial charge is 0.393 e. The molecule has 6 atom stereocenters. The smallest absolute Gasteiger partial charge is 0.160 e. The van der Waals surface area contributed by atoms with Crippen molar-refractivity contribution in [3.63, 3.8) is 0 Å². The van der Waals surface area contributed by atoms with Gasteiger partial charge in [-0.25, -0.2) is 0 Å². The Bertz CT molecular complexity index is 258. The molecule has 3 rings (SSSR count). The maximum absolute atomic E-state index is 9.85. The highest BCUT2D eigenvalue weighted by Gasteiger charge is 2.75. The summed E-state index contributed by atoms with van der Waals surface area (Å²) in [7, 11) is 0. The molecule has 3 fully saturated rings. The van der Waals surface area contributed by atoms with Gasteiger partial charge in [-0.3, -0.25) is 0 Å². The highest BCUT2D eigenvalue weighted by atomic mass is 16.7. The molecule has 0 aromatic heterocycles. The van der Waals surface area contributed by atoms with Gasteiger partial charge in [0.2, 0.25) is 0 Å². The Labute approximate surface area is 81.3 Å². The minimum absolute atomic E-state index is 0.00431. The van der Waals surface area contributed by atoms with Crippen molar-refractivity contribution >= 4 is 0 Å². The number of fused-ring (bicyclic) bond motifs is 3. The molecule has 3 aliphatic rings. The zero-order valence-corrected chi connectivity index (χ0v) is 7.67. The number of hydrogen-bond acceptors (Lipinski definition) is 5. The number of ether oxygens (including phenoxy) is 2. The molecule has 0 spiro atoms. The van der Waals surface area contributed by atoms with E-state index in [9.17, 15) is 15.3 Å². The van der Waals surface area contributed by atoms with E-state index in [-0.39, 0.29) is 24.5 Å². The normalized spacial score (nSPS) is 60.6. The molecule has 2 aliphatic heterocycles. The molecule has 5 heteroatoms. The van der Waals surface area contributed by atoms with Crippen LogP contribution in [0, 0.1) is 11.8 Å². The molecule has 0 unspecified atom stereocenters. The van der Waals surface area contributed by atoms with Crippen LogP contribution in [-0.2, 0) is 9.47 Å². The van der Waals surface area contributed by atoms with Crippen LogP contribution in [0.3, 0.4) is 0 Å². The van der Waals surface area contributed by atoms with Crippen LogP contribution in [0.1, 0.15) is 6.42 Å². The van der Waals surface area contributed by atoms with Crippen molar-refractivity contribution in [2.75, 3.05) is 13.2 Å². The Balaban J connectivity index is 1.92. The molecule has 1 saturated carbocycles. The van der Waals surface area contributed by atoms with E-state index < -0.39 is 18.0 Å². The molecule has 80 valence electrons. The van der Waals surface area contributed by atoms with Crippen molar-refractivity contribution in [3.8, 4) is 0 Å². The molecule has 3 N–H and O–H groups in total. The Kier molecular flexibility index (Phi) is 1.73. The number of rotatable bonds is 1. The summed E-state index contributed by atoms with van der Waals surface area (Å²) in [6.45, 7) is 0.309. The average Bonchev–Trinajstić information content (AvgIpc) is 2.87. The Morgan fingerprint density at radius 1 is 1.36 bits per heavy atom. The lowest BCUT2D eigenvalue weighted by molar-refractivity contribution is -0.205. The predicted octanol–water partition coefficient (Wildman–Crippen LogP) is -1.54. The van der Waals surface area contributed by atoms with Crippen molar-refractivity contribution in [3.05, 3.63) is 0 Å². The third kappa shape index (κ3) is 0.869. The number of epoxide rings is 1. The van der Waals surface area contributed by atoms with Crippen LogP contribution in [0.2, 0.25) is 0 Å². The number of aliphatic hydroxyl groups is 3. The fraction of sp³-hybridized carbons (Fsp3) is 1.00. The van der Waals surface area contributed by atoms with Crippen molar-refractivity contribution in [2.45, 2.75) is 30.5 Å². The maximum Gasteiger partial charge on any atom is 0.160 e. The van der Waals surface area contributed by atoms with Gasteiger partial charge in [-0.15, -0.1) is 0 Å². The average molecular weight is 202 g/mol. The first-order valence-electron chi connectivity index (χ1n) is 4.97. The lowest BCUT2D eigenvalue weighted by Crippen LogP contribution is -2.45. The predicted molar refractivity (Wildman–Crippen MR) is 44.3 cm³/mol. The van der Waals surface area contributed by atoms with Crippen LogP contribution in [0.4, 0.5) is 0 Å². The van der Waals surface area contributed by atoms with E-state index in [1.165, 1.54) is 0 Å². The molecule has 1 aliphatic carbocycles. The van der Waals surface area contributed by atoms with Crippen LogP contribution in [0.5, 0.6) is 0 Å². The lowest BCUT2D eigenvalue weighted by atomic mass is 9.83. The molecule has 0 aromatic rings. The van der Waals surface area contributed by atoms with Gasteiger partial charge in [-0.1, -0.05) is 0 Å². The van der Waals surface area contributed by atoms with Gasteiger partial charge in [0, 0.05) is 11.8 Å². The summed E-state index contributed by atoms with van der Waals surface area (Å²) in [5, 5.41) is 28.8. The summed E-state index contributed by atoms with van der Waals surface area (Å²) in [6.07, 6.45) is -1.06. The van der Waals surface area contributed by atoms with Crippen molar-refractivity contribution in [1.82, 2.24) is 0 Å². The molecule has 0 bridgehead atoms. The summed E-state index contributed by atoms with van der Waals surface area (Å²) in [5.41, 5.74) is -0.732. The van der Waals surface area contributed by atoms with Gasteiger partial charge in [-0.2, -0.15) is 0 Å². The van der Waals surface area contributed by atoms with Crippen molar-refractivity contribution in [2.24, 2.45) is 11.8 Å². The van der Waals surface area contributed by atoms with E-state index in [0.717, 1.165) is 6.42 Å². The molecule has 0 radical (unpaired) electrons. The fourth-order valence-electron chi connectivity index (χ4n) is 3.09. The van der Waals surface area contributed by atoms with Crippen molar-refractivity contribution < 1.29 is 24.8 Å². The summed E-state index contributed by atoms with van der Waals surface area (Å²) in [4.78, 5) is 0. The quantitative estimate of drug-likeness (QED) is 0.449. The fourth-order valence-corrected chi connectivity index (χ4v) is 3.09. The highest BCUT2D eigenvalue weighted by molar-refractivity contribution is 5.20. The van der Waals surface area contributed by atoms with Gasteiger partial charge >= 0.3 is 0 Å². The Morgan fingerprint density at radius 2 is 2.14 bits per heavy atom.